The molecule has 0 aromatic heterocycles. The number of aliphatic carboxylic acids is 1. The lowest BCUT2D eigenvalue weighted by atomic mass is 9.74. The predicted molar refractivity (Wildman–Crippen MR) is 93.2 cm³/mol. The quantitative estimate of drug-likeness (QED) is 0.857. The number of amides is 1. The first-order valence-corrected chi connectivity index (χ1v) is 8.50. The first-order chi connectivity index (χ1) is 11.9. The van der Waals surface area contributed by atoms with E-state index in [9.17, 15) is 14.7 Å². The molecule has 5 nitrogen and oxygen atoms in total. The summed E-state index contributed by atoms with van der Waals surface area (Å²) in [5, 5.41) is 9.67. The van der Waals surface area contributed by atoms with Gasteiger partial charge >= 0.3 is 5.97 Å². The largest absolute Gasteiger partial charge is 0.481 e. The highest BCUT2D eigenvalue weighted by Gasteiger charge is 2.71. The molecule has 25 heavy (non-hydrogen) atoms. The highest BCUT2D eigenvalue weighted by molar-refractivity contribution is 6.03. The number of carboxylic acid groups (broad SMARTS) is 1. The molecule has 2 saturated heterocycles. The molecule has 4 rings (SSSR count). The van der Waals surface area contributed by atoms with Gasteiger partial charge in [-0.25, -0.2) is 0 Å². The molecule has 1 spiro atoms. The summed E-state index contributed by atoms with van der Waals surface area (Å²) in [5.41, 5.74) is 1.84. The molecule has 1 amide bonds. The summed E-state index contributed by atoms with van der Waals surface area (Å²) >= 11 is 0. The minimum Gasteiger partial charge on any atom is -0.481 e. The topological polar surface area (TPSA) is 66.8 Å². The van der Waals surface area contributed by atoms with E-state index in [2.05, 4.69) is 6.58 Å². The van der Waals surface area contributed by atoms with Crippen molar-refractivity contribution in [2.45, 2.75) is 38.0 Å². The molecule has 5 heteroatoms. The molecular formula is C20H21NO4. The predicted octanol–water partition coefficient (Wildman–Crippen LogP) is 2.70. The third-order valence-corrected chi connectivity index (χ3v) is 5.62. The number of carbonyl (C=O) groups excluding carboxylic acids is 1. The zero-order chi connectivity index (χ0) is 17.9. The van der Waals surface area contributed by atoms with Gasteiger partial charge in [-0.15, -0.1) is 6.58 Å². The molecule has 0 unspecified atom stereocenters. The molecule has 3 aliphatic heterocycles. The summed E-state index contributed by atoms with van der Waals surface area (Å²) in [5.74, 6) is -2.67. The number of carbonyl (C=O) groups is 2. The number of aryl methyl sites for hydroxylation is 1. The Morgan fingerprint density at radius 1 is 1.40 bits per heavy atom. The number of hydrogen-bond donors (Lipinski definition) is 1. The fourth-order valence-corrected chi connectivity index (χ4v) is 4.63. The van der Waals surface area contributed by atoms with Crippen LogP contribution in [0.25, 0.3) is 0 Å². The van der Waals surface area contributed by atoms with Crippen molar-refractivity contribution in [3.05, 3.63) is 54.1 Å². The molecule has 5 atom stereocenters. The third-order valence-electron chi connectivity index (χ3n) is 5.62. The Kier molecular flexibility index (Phi) is 3.41. The zero-order valence-corrected chi connectivity index (χ0v) is 14.3. The fraction of sp³-hybridized carbons (Fsp3) is 0.400. The Bertz CT molecular complexity index is 814. The molecule has 130 valence electrons. The average molecular weight is 339 g/mol. The fourth-order valence-electron chi connectivity index (χ4n) is 4.63. The van der Waals surface area contributed by atoms with Gasteiger partial charge in [-0.05, 0) is 31.9 Å². The van der Waals surface area contributed by atoms with Crippen molar-refractivity contribution in [3.63, 3.8) is 0 Å². The van der Waals surface area contributed by atoms with E-state index >= 15 is 0 Å². The van der Waals surface area contributed by atoms with Gasteiger partial charge in [0.25, 0.3) is 0 Å². The third kappa shape index (κ3) is 2.05. The smallest absolute Gasteiger partial charge is 0.310 e. The second-order valence-corrected chi connectivity index (χ2v) is 7.31. The highest BCUT2D eigenvalue weighted by Crippen LogP contribution is 2.57. The van der Waals surface area contributed by atoms with Crippen molar-refractivity contribution >= 4 is 17.6 Å². The Morgan fingerprint density at radius 3 is 2.76 bits per heavy atom. The van der Waals surface area contributed by atoms with Gasteiger partial charge in [0.2, 0.25) is 5.91 Å². The number of hydrogen-bond acceptors (Lipinski definition) is 3. The van der Waals surface area contributed by atoms with E-state index in [-0.39, 0.29) is 11.9 Å². The molecule has 3 heterocycles. The van der Waals surface area contributed by atoms with Crippen LogP contribution in [0.3, 0.4) is 0 Å². The lowest BCUT2D eigenvalue weighted by Crippen LogP contribution is -2.45. The first-order valence-electron chi connectivity index (χ1n) is 8.50. The van der Waals surface area contributed by atoms with Crippen LogP contribution >= 0.6 is 0 Å². The number of nitrogens with zero attached hydrogens (tertiary/aromatic N) is 1. The van der Waals surface area contributed by atoms with Crippen LogP contribution in [0.4, 0.5) is 5.69 Å². The summed E-state index contributed by atoms with van der Waals surface area (Å²) in [7, 11) is 0. The monoisotopic (exact) mass is 339 g/mol. The Morgan fingerprint density at radius 2 is 2.12 bits per heavy atom. The molecule has 2 fully saturated rings. The molecule has 0 saturated carbocycles. The molecule has 0 aliphatic carbocycles. The molecular weight excluding hydrogens is 318 g/mol. The van der Waals surface area contributed by atoms with E-state index in [4.69, 9.17) is 4.74 Å². The number of rotatable bonds is 4. The molecule has 0 radical (unpaired) electrons. The lowest BCUT2D eigenvalue weighted by Gasteiger charge is -2.34. The molecule has 2 bridgehead atoms. The lowest BCUT2D eigenvalue weighted by molar-refractivity contribution is -0.146. The molecule has 3 aliphatic rings. The van der Waals surface area contributed by atoms with E-state index in [1.807, 2.05) is 44.2 Å². The number of fused-ring (bicyclic) bond motifs is 1. The number of benzene rings is 1. The minimum absolute atomic E-state index is 0.167. The summed E-state index contributed by atoms with van der Waals surface area (Å²) in [6.45, 7) is 7.88. The number of ether oxygens (including phenoxy) is 1. The second-order valence-electron chi connectivity index (χ2n) is 7.31. The van der Waals surface area contributed by atoms with Gasteiger partial charge in [-0.1, -0.05) is 35.9 Å². The van der Waals surface area contributed by atoms with E-state index in [1.54, 1.807) is 11.0 Å². The van der Waals surface area contributed by atoms with Gasteiger partial charge in [-0.2, -0.15) is 0 Å². The van der Waals surface area contributed by atoms with Crippen LogP contribution in [-0.2, 0) is 14.3 Å². The Labute approximate surface area is 146 Å². The van der Waals surface area contributed by atoms with Crippen LogP contribution in [0.5, 0.6) is 0 Å². The maximum absolute atomic E-state index is 13.4. The van der Waals surface area contributed by atoms with Crippen molar-refractivity contribution in [2.24, 2.45) is 11.8 Å². The van der Waals surface area contributed by atoms with Crippen molar-refractivity contribution < 1.29 is 19.4 Å². The maximum Gasteiger partial charge on any atom is 0.310 e. The normalized spacial score (nSPS) is 35.3. The van der Waals surface area contributed by atoms with Crippen LogP contribution in [0, 0.1) is 18.8 Å². The summed E-state index contributed by atoms with van der Waals surface area (Å²) < 4.78 is 6.14. The van der Waals surface area contributed by atoms with E-state index in [1.165, 1.54) is 0 Å². The standard InChI is InChI=1S/C20H21NO4/c1-11(2)10-15-20-9-8-14(25-20)16(19(23)24)17(20)18(22)21(15)13-7-5-4-6-12(13)3/h4-9,14-17H,1,10H2,2-3H3,(H,23,24)/t14-,15+,16-,17-,20-/m1/s1. The summed E-state index contributed by atoms with van der Waals surface area (Å²) in [6.07, 6.45) is 3.75. The summed E-state index contributed by atoms with van der Waals surface area (Å²) in [4.78, 5) is 26.9. The van der Waals surface area contributed by atoms with Crippen LogP contribution in [0.2, 0.25) is 0 Å². The van der Waals surface area contributed by atoms with E-state index < -0.39 is 29.5 Å². The molecule has 1 aromatic carbocycles. The van der Waals surface area contributed by atoms with Gasteiger partial charge in [-0.3, -0.25) is 9.59 Å². The van der Waals surface area contributed by atoms with E-state index in [0.717, 1.165) is 16.8 Å². The van der Waals surface area contributed by atoms with Gasteiger partial charge in [0.15, 0.2) is 0 Å². The first kappa shape index (κ1) is 16.1. The van der Waals surface area contributed by atoms with Crippen molar-refractivity contribution in [1.29, 1.82) is 0 Å². The zero-order valence-electron chi connectivity index (χ0n) is 14.3. The van der Waals surface area contributed by atoms with Crippen LogP contribution < -0.4 is 4.90 Å². The van der Waals surface area contributed by atoms with Gasteiger partial charge in [0, 0.05) is 5.69 Å². The number of anilines is 1. The number of para-hydroxylation sites is 1. The SMILES string of the molecule is C=C(C)C[C@@H]1N(c2ccccc2C)C(=O)[C@H]2[C@H](C(=O)O)[C@H]3C=C[C@@]12O3. The Hall–Kier alpha value is -2.40. The highest BCUT2D eigenvalue weighted by atomic mass is 16.5. The summed E-state index contributed by atoms with van der Waals surface area (Å²) in [6, 6.07) is 7.39. The van der Waals surface area contributed by atoms with Gasteiger partial charge in [0.1, 0.15) is 11.5 Å². The van der Waals surface area contributed by atoms with Crippen molar-refractivity contribution in [3.8, 4) is 0 Å². The van der Waals surface area contributed by atoms with Crippen molar-refractivity contribution in [2.75, 3.05) is 4.90 Å². The maximum atomic E-state index is 13.4. The second kappa shape index (κ2) is 5.30. The van der Waals surface area contributed by atoms with Crippen LogP contribution in [-0.4, -0.2) is 34.7 Å². The van der Waals surface area contributed by atoms with Crippen molar-refractivity contribution in [1.82, 2.24) is 0 Å². The molecule has 1 N–H and O–H groups in total. The van der Waals surface area contributed by atoms with Crippen LogP contribution in [0.1, 0.15) is 18.9 Å². The molecule has 1 aromatic rings. The Balaban J connectivity index is 1.87. The van der Waals surface area contributed by atoms with Gasteiger partial charge < -0.3 is 14.7 Å². The average Bonchev–Trinajstić information content (AvgIpc) is 3.18. The van der Waals surface area contributed by atoms with E-state index in [0.29, 0.717) is 6.42 Å². The van der Waals surface area contributed by atoms with Crippen LogP contribution in [0.15, 0.2) is 48.6 Å². The number of carboxylic acids is 1. The van der Waals surface area contributed by atoms with Gasteiger partial charge in [0.05, 0.1) is 18.1 Å². The minimum atomic E-state index is -0.977.